The second-order valence-electron chi connectivity index (χ2n) is 9.74. The second kappa shape index (κ2) is 4.22. The number of aliphatic hydroxyl groups excluding tert-OH is 1. The van der Waals surface area contributed by atoms with Gasteiger partial charge in [-0.25, -0.2) is 4.79 Å². The predicted molar refractivity (Wildman–Crippen MR) is 89.1 cm³/mol. The number of carbonyl (C=O) groups excluding carboxylic acids is 1. The highest BCUT2D eigenvalue weighted by Crippen LogP contribution is 2.77. The van der Waals surface area contributed by atoms with Crippen LogP contribution >= 0.6 is 0 Å². The number of hydrogen-bond donors (Lipinski definition) is 2. The minimum atomic E-state index is -1.30. The van der Waals surface area contributed by atoms with Gasteiger partial charge in [-0.1, -0.05) is 20.8 Å². The molecule has 4 fully saturated rings. The van der Waals surface area contributed by atoms with Crippen LogP contribution in [0.4, 0.5) is 0 Å². The number of esters is 1. The molecule has 6 nitrogen and oxygen atoms in total. The molecule has 2 saturated heterocycles. The molecule has 1 spiro atoms. The molecule has 2 N–H and O–H groups in total. The lowest BCUT2D eigenvalue weighted by molar-refractivity contribution is -0.217. The fourth-order valence-corrected chi connectivity index (χ4v) is 7.39. The third kappa shape index (κ3) is 1.32. The third-order valence-corrected chi connectivity index (χ3v) is 8.81. The first kappa shape index (κ1) is 16.0. The number of epoxide rings is 2. The van der Waals surface area contributed by atoms with Gasteiger partial charge in [-0.2, -0.15) is 0 Å². The van der Waals surface area contributed by atoms with Crippen LogP contribution in [0.3, 0.4) is 0 Å². The molecule has 0 aromatic rings. The van der Waals surface area contributed by atoms with Gasteiger partial charge in [-0.15, -0.1) is 0 Å². The number of fused-ring (bicyclic) bond motifs is 4. The summed E-state index contributed by atoms with van der Waals surface area (Å²) in [6, 6.07) is 0. The number of hydrogen-bond acceptors (Lipinski definition) is 6. The summed E-state index contributed by atoms with van der Waals surface area (Å²) in [5.74, 6) is 0.0860. The SMILES string of the molecule is CC(C)C12O[C@H]1[C@@H]1O[C@@]13[C@@]1(C)CCC4=C(COC4=O)[C@@H]1CC[C@@]3(O)[C@@H]2O. The van der Waals surface area contributed by atoms with Crippen molar-refractivity contribution in [3.8, 4) is 0 Å². The number of carbonyl (C=O) groups is 1. The molecule has 142 valence electrons. The van der Waals surface area contributed by atoms with E-state index in [9.17, 15) is 15.0 Å². The molecular formula is C20H26O6. The van der Waals surface area contributed by atoms with Gasteiger partial charge in [0.1, 0.15) is 41.7 Å². The number of aliphatic hydroxyl groups is 2. The zero-order valence-electron chi connectivity index (χ0n) is 15.4. The summed E-state index contributed by atoms with van der Waals surface area (Å²) < 4.78 is 17.7. The molecule has 3 heterocycles. The lowest BCUT2D eigenvalue weighted by atomic mass is 9.45. The van der Waals surface area contributed by atoms with E-state index >= 15 is 0 Å². The van der Waals surface area contributed by atoms with Gasteiger partial charge < -0.3 is 24.4 Å². The number of rotatable bonds is 1. The van der Waals surface area contributed by atoms with E-state index in [0.29, 0.717) is 19.4 Å². The molecule has 6 heteroatoms. The fourth-order valence-electron chi connectivity index (χ4n) is 7.39. The van der Waals surface area contributed by atoms with Gasteiger partial charge in [0.25, 0.3) is 0 Å². The Bertz CT molecular complexity index is 774. The van der Waals surface area contributed by atoms with Crippen LogP contribution in [0.5, 0.6) is 0 Å². The van der Waals surface area contributed by atoms with Crippen molar-refractivity contribution < 1.29 is 29.2 Å². The molecule has 3 aliphatic heterocycles. The Hall–Kier alpha value is -0.950. The normalized spacial score (nSPS) is 59.1. The Balaban J connectivity index is 1.48. The molecule has 6 rings (SSSR count). The first-order valence-corrected chi connectivity index (χ1v) is 9.89. The largest absolute Gasteiger partial charge is 0.458 e. The summed E-state index contributed by atoms with van der Waals surface area (Å²) in [4.78, 5) is 12.0. The van der Waals surface area contributed by atoms with Crippen LogP contribution in [-0.4, -0.2) is 57.9 Å². The van der Waals surface area contributed by atoms with Crippen molar-refractivity contribution in [2.45, 2.75) is 81.6 Å². The topological polar surface area (TPSA) is 91.8 Å². The Labute approximate surface area is 152 Å². The minimum Gasteiger partial charge on any atom is -0.458 e. The highest BCUT2D eigenvalue weighted by atomic mass is 16.7. The van der Waals surface area contributed by atoms with Gasteiger partial charge >= 0.3 is 5.97 Å². The monoisotopic (exact) mass is 362 g/mol. The number of ether oxygens (including phenoxy) is 3. The average Bonchev–Trinajstić information content (AvgIpc) is 3.46. The zero-order chi connectivity index (χ0) is 18.3. The molecule has 6 aliphatic rings. The van der Waals surface area contributed by atoms with Crippen molar-refractivity contribution in [1.29, 1.82) is 0 Å². The van der Waals surface area contributed by atoms with Crippen molar-refractivity contribution in [2.24, 2.45) is 17.3 Å². The molecule has 0 aromatic carbocycles. The van der Waals surface area contributed by atoms with Crippen LogP contribution in [0.2, 0.25) is 0 Å². The Morgan fingerprint density at radius 1 is 1.19 bits per heavy atom. The van der Waals surface area contributed by atoms with Crippen LogP contribution < -0.4 is 0 Å². The van der Waals surface area contributed by atoms with Gasteiger partial charge in [0.2, 0.25) is 0 Å². The molecule has 0 bridgehead atoms. The van der Waals surface area contributed by atoms with E-state index in [1.54, 1.807) is 0 Å². The van der Waals surface area contributed by atoms with Crippen molar-refractivity contribution in [3.63, 3.8) is 0 Å². The molecular weight excluding hydrogens is 336 g/mol. The maximum absolute atomic E-state index is 12.0. The maximum atomic E-state index is 12.0. The van der Waals surface area contributed by atoms with E-state index in [2.05, 4.69) is 6.92 Å². The van der Waals surface area contributed by atoms with Gasteiger partial charge in [-0.05, 0) is 43.1 Å². The van der Waals surface area contributed by atoms with Crippen molar-refractivity contribution in [3.05, 3.63) is 11.1 Å². The Kier molecular flexibility index (Phi) is 2.60. The summed E-state index contributed by atoms with van der Waals surface area (Å²) in [7, 11) is 0. The maximum Gasteiger partial charge on any atom is 0.334 e. The summed E-state index contributed by atoms with van der Waals surface area (Å²) in [6.07, 6.45) is 1.34. The number of cyclic esters (lactones) is 1. The fraction of sp³-hybridized carbons (Fsp3) is 0.850. The first-order chi connectivity index (χ1) is 12.2. The molecule has 26 heavy (non-hydrogen) atoms. The molecule has 0 aromatic heterocycles. The minimum absolute atomic E-state index is 0.112. The Morgan fingerprint density at radius 2 is 1.96 bits per heavy atom. The summed E-state index contributed by atoms with van der Waals surface area (Å²) in [5.41, 5.74) is -1.17. The van der Waals surface area contributed by atoms with Crippen LogP contribution in [0.25, 0.3) is 0 Å². The quantitative estimate of drug-likeness (QED) is 0.536. The van der Waals surface area contributed by atoms with Gasteiger partial charge in [0.15, 0.2) is 0 Å². The molecule has 8 atom stereocenters. The smallest absolute Gasteiger partial charge is 0.334 e. The van der Waals surface area contributed by atoms with Crippen LogP contribution in [0.15, 0.2) is 11.1 Å². The van der Waals surface area contributed by atoms with Crippen LogP contribution in [-0.2, 0) is 19.0 Å². The van der Waals surface area contributed by atoms with Crippen LogP contribution in [0.1, 0.15) is 46.5 Å². The molecule has 2 saturated carbocycles. The van der Waals surface area contributed by atoms with Crippen molar-refractivity contribution in [2.75, 3.05) is 6.61 Å². The van der Waals surface area contributed by atoms with Crippen molar-refractivity contribution >= 4 is 5.97 Å². The van der Waals surface area contributed by atoms with E-state index < -0.39 is 22.9 Å². The lowest BCUT2D eigenvalue weighted by Crippen LogP contribution is -2.73. The molecule has 0 radical (unpaired) electrons. The predicted octanol–water partition coefficient (Wildman–Crippen LogP) is 1.09. The standard InChI is InChI=1S/C20H26O6/c1-9(2)19-13(25-19)14-20(26-14)17(3)6-4-10-11(8-24-15(10)21)12(17)5-7-18(20,23)16(19)22/h9,12-14,16,22-23H,4-8H2,1-3H3/t12-,13-,14-,16-,17-,18+,19?,20+/m0/s1. The third-order valence-electron chi connectivity index (χ3n) is 8.81. The van der Waals surface area contributed by atoms with E-state index in [-0.39, 0.29) is 35.4 Å². The summed E-state index contributed by atoms with van der Waals surface area (Å²) in [6.45, 7) is 6.61. The van der Waals surface area contributed by atoms with E-state index in [1.807, 2.05) is 13.8 Å². The van der Waals surface area contributed by atoms with E-state index in [1.165, 1.54) is 0 Å². The van der Waals surface area contributed by atoms with Crippen molar-refractivity contribution in [1.82, 2.24) is 0 Å². The highest BCUT2D eigenvalue weighted by molar-refractivity contribution is 5.92. The summed E-state index contributed by atoms with van der Waals surface area (Å²) in [5, 5.41) is 23.1. The first-order valence-electron chi connectivity index (χ1n) is 9.89. The van der Waals surface area contributed by atoms with Gasteiger partial charge in [0, 0.05) is 11.0 Å². The second-order valence-corrected chi connectivity index (χ2v) is 9.74. The summed E-state index contributed by atoms with van der Waals surface area (Å²) >= 11 is 0. The van der Waals surface area contributed by atoms with E-state index in [4.69, 9.17) is 14.2 Å². The van der Waals surface area contributed by atoms with Gasteiger partial charge in [-0.3, -0.25) is 0 Å². The lowest BCUT2D eigenvalue weighted by Gasteiger charge is -2.59. The highest BCUT2D eigenvalue weighted by Gasteiger charge is 2.93. The van der Waals surface area contributed by atoms with Crippen LogP contribution in [0, 0.1) is 17.3 Å². The van der Waals surface area contributed by atoms with E-state index in [0.717, 1.165) is 24.0 Å². The molecule has 1 unspecified atom stereocenters. The van der Waals surface area contributed by atoms with Gasteiger partial charge in [0.05, 0.1) is 0 Å². The average molecular weight is 362 g/mol. The Morgan fingerprint density at radius 3 is 2.69 bits per heavy atom. The molecule has 0 amide bonds. The zero-order valence-corrected chi connectivity index (χ0v) is 15.4. The molecule has 3 aliphatic carbocycles.